The number of nitrogens with one attached hydrogen (secondary N) is 1. The van der Waals surface area contributed by atoms with E-state index in [4.69, 9.17) is 5.73 Å². The van der Waals surface area contributed by atoms with E-state index in [2.05, 4.69) is 29.3 Å². The van der Waals surface area contributed by atoms with Crippen LogP contribution in [-0.2, 0) is 17.9 Å². The molecule has 1 aromatic rings. The molecule has 0 fully saturated rings. The van der Waals surface area contributed by atoms with E-state index in [1.807, 2.05) is 26.2 Å². The summed E-state index contributed by atoms with van der Waals surface area (Å²) in [5, 5.41) is 3.02. The van der Waals surface area contributed by atoms with Crippen LogP contribution in [0.1, 0.15) is 37.3 Å². The average Bonchev–Trinajstić information content (AvgIpc) is 2.44. The third-order valence-corrected chi connectivity index (χ3v) is 3.60. The first kappa shape index (κ1) is 17.7. The summed E-state index contributed by atoms with van der Waals surface area (Å²) in [5.74, 6) is 0.639. The lowest BCUT2D eigenvalue weighted by atomic mass is 10.0. The molecule has 0 heterocycles. The SMILES string of the molecule is CC(CCN)CCC(=O)NCc1ccccc1CN(C)C. The van der Waals surface area contributed by atoms with Crippen molar-refractivity contribution < 1.29 is 4.79 Å². The third kappa shape index (κ3) is 7.25. The van der Waals surface area contributed by atoms with Crippen molar-refractivity contribution in [3.8, 4) is 0 Å². The number of carbonyl (C=O) groups is 1. The van der Waals surface area contributed by atoms with Crippen molar-refractivity contribution in [2.45, 2.75) is 39.3 Å². The predicted molar refractivity (Wildman–Crippen MR) is 87.7 cm³/mol. The molecule has 4 heteroatoms. The number of nitrogens with two attached hydrogens (primary N) is 1. The van der Waals surface area contributed by atoms with Crippen LogP contribution in [0.5, 0.6) is 0 Å². The fourth-order valence-electron chi connectivity index (χ4n) is 2.31. The highest BCUT2D eigenvalue weighted by Crippen LogP contribution is 2.11. The first-order valence-electron chi connectivity index (χ1n) is 7.71. The maximum atomic E-state index is 11.9. The van der Waals surface area contributed by atoms with Crippen LogP contribution in [0.2, 0.25) is 0 Å². The largest absolute Gasteiger partial charge is 0.352 e. The molecule has 1 atom stereocenters. The van der Waals surface area contributed by atoms with Gasteiger partial charge >= 0.3 is 0 Å². The van der Waals surface area contributed by atoms with Crippen LogP contribution in [0.25, 0.3) is 0 Å². The Morgan fingerprint density at radius 1 is 1.24 bits per heavy atom. The molecule has 0 saturated heterocycles. The van der Waals surface area contributed by atoms with E-state index in [-0.39, 0.29) is 5.91 Å². The number of carbonyl (C=O) groups excluding carboxylic acids is 1. The molecule has 1 unspecified atom stereocenters. The second kappa shape index (κ2) is 9.53. The van der Waals surface area contributed by atoms with Gasteiger partial charge in [0, 0.05) is 19.5 Å². The van der Waals surface area contributed by atoms with E-state index in [0.29, 0.717) is 25.4 Å². The van der Waals surface area contributed by atoms with Crippen LogP contribution in [0, 0.1) is 5.92 Å². The molecule has 0 bridgehead atoms. The minimum Gasteiger partial charge on any atom is -0.352 e. The summed E-state index contributed by atoms with van der Waals surface area (Å²) < 4.78 is 0. The number of hydrogen-bond acceptors (Lipinski definition) is 3. The summed E-state index contributed by atoms with van der Waals surface area (Å²) in [7, 11) is 4.10. The highest BCUT2D eigenvalue weighted by Gasteiger charge is 2.08. The van der Waals surface area contributed by atoms with Crippen LogP contribution >= 0.6 is 0 Å². The van der Waals surface area contributed by atoms with Gasteiger partial charge < -0.3 is 16.0 Å². The molecule has 1 amide bonds. The number of hydrogen-bond donors (Lipinski definition) is 2. The van der Waals surface area contributed by atoms with Gasteiger partial charge in [0.05, 0.1) is 0 Å². The van der Waals surface area contributed by atoms with E-state index in [0.717, 1.165) is 19.4 Å². The van der Waals surface area contributed by atoms with Gasteiger partial charge in [0.15, 0.2) is 0 Å². The van der Waals surface area contributed by atoms with E-state index >= 15 is 0 Å². The number of rotatable bonds is 9. The Labute approximate surface area is 128 Å². The zero-order valence-corrected chi connectivity index (χ0v) is 13.6. The van der Waals surface area contributed by atoms with Crippen molar-refractivity contribution >= 4 is 5.91 Å². The molecule has 1 aromatic carbocycles. The van der Waals surface area contributed by atoms with Gasteiger partial charge in [0.1, 0.15) is 0 Å². The monoisotopic (exact) mass is 291 g/mol. The lowest BCUT2D eigenvalue weighted by Crippen LogP contribution is -2.24. The van der Waals surface area contributed by atoms with E-state index in [1.165, 1.54) is 11.1 Å². The molecule has 21 heavy (non-hydrogen) atoms. The first-order chi connectivity index (χ1) is 10.0. The Hall–Kier alpha value is -1.39. The zero-order valence-electron chi connectivity index (χ0n) is 13.6. The normalized spacial score (nSPS) is 12.4. The van der Waals surface area contributed by atoms with Crippen LogP contribution in [0.15, 0.2) is 24.3 Å². The minimum absolute atomic E-state index is 0.124. The van der Waals surface area contributed by atoms with Gasteiger partial charge in [-0.05, 0) is 50.5 Å². The van der Waals surface area contributed by atoms with E-state index < -0.39 is 0 Å². The summed E-state index contributed by atoms with van der Waals surface area (Å²) in [4.78, 5) is 14.0. The number of nitrogens with zero attached hydrogens (tertiary/aromatic N) is 1. The van der Waals surface area contributed by atoms with Crippen molar-refractivity contribution in [2.24, 2.45) is 11.7 Å². The third-order valence-electron chi connectivity index (χ3n) is 3.60. The maximum absolute atomic E-state index is 11.9. The molecule has 0 aliphatic rings. The Morgan fingerprint density at radius 3 is 2.52 bits per heavy atom. The Bertz CT molecular complexity index is 432. The average molecular weight is 291 g/mol. The molecule has 0 radical (unpaired) electrons. The van der Waals surface area contributed by atoms with Crippen LogP contribution in [0.4, 0.5) is 0 Å². The molecular weight excluding hydrogens is 262 g/mol. The summed E-state index contributed by atoms with van der Waals surface area (Å²) >= 11 is 0. The van der Waals surface area contributed by atoms with Crippen LogP contribution in [0.3, 0.4) is 0 Å². The predicted octanol–water partition coefficient (Wildman–Crippen LogP) is 2.13. The minimum atomic E-state index is 0.124. The van der Waals surface area contributed by atoms with Crippen molar-refractivity contribution in [3.05, 3.63) is 35.4 Å². The summed E-state index contributed by atoms with van der Waals surface area (Å²) in [6.45, 7) is 4.33. The molecule has 0 aliphatic heterocycles. The summed E-state index contributed by atoms with van der Waals surface area (Å²) in [6.07, 6.45) is 2.47. The highest BCUT2D eigenvalue weighted by molar-refractivity contribution is 5.75. The Morgan fingerprint density at radius 2 is 1.90 bits per heavy atom. The van der Waals surface area contributed by atoms with Crippen LogP contribution < -0.4 is 11.1 Å². The fraction of sp³-hybridized carbons (Fsp3) is 0.588. The fourth-order valence-corrected chi connectivity index (χ4v) is 2.31. The highest BCUT2D eigenvalue weighted by atomic mass is 16.1. The van der Waals surface area contributed by atoms with Gasteiger partial charge in [-0.1, -0.05) is 31.2 Å². The summed E-state index contributed by atoms with van der Waals surface area (Å²) in [6, 6.07) is 8.25. The van der Waals surface area contributed by atoms with Crippen molar-refractivity contribution in [3.63, 3.8) is 0 Å². The van der Waals surface area contributed by atoms with Gasteiger partial charge in [-0.3, -0.25) is 4.79 Å². The van der Waals surface area contributed by atoms with Crippen molar-refractivity contribution in [1.82, 2.24) is 10.2 Å². The van der Waals surface area contributed by atoms with Gasteiger partial charge in [-0.25, -0.2) is 0 Å². The molecule has 3 N–H and O–H groups in total. The topological polar surface area (TPSA) is 58.4 Å². The Balaban J connectivity index is 2.42. The smallest absolute Gasteiger partial charge is 0.220 e. The molecule has 0 spiro atoms. The van der Waals surface area contributed by atoms with E-state index in [9.17, 15) is 4.79 Å². The first-order valence-corrected chi connectivity index (χ1v) is 7.71. The zero-order chi connectivity index (χ0) is 15.7. The van der Waals surface area contributed by atoms with Crippen molar-refractivity contribution in [2.75, 3.05) is 20.6 Å². The second-order valence-corrected chi connectivity index (χ2v) is 6.00. The quantitative estimate of drug-likeness (QED) is 0.733. The van der Waals surface area contributed by atoms with Crippen LogP contribution in [-0.4, -0.2) is 31.4 Å². The molecule has 4 nitrogen and oxygen atoms in total. The molecule has 1 rings (SSSR count). The lowest BCUT2D eigenvalue weighted by molar-refractivity contribution is -0.121. The van der Waals surface area contributed by atoms with Gasteiger partial charge in [-0.15, -0.1) is 0 Å². The van der Waals surface area contributed by atoms with Crippen molar-refractivity contribution in [1.29, 1.82) is 0 Å². The Kier molecular flexibility index (Phi) is 8.01. The molecule has 0 aliphatic carbocycles. The number of benzene rings is 1. The van der Waals surface area contributed by atoms with Gasteiger partial charge in [0.2, 0.25) is 5.91 Å². The molecule has 0 aromatic heterocycles. The van der Waals surface area contributed by atoms with Gasteiger partial charge in [-0.2, -0.15) is 0 Å². The second-order valence-electron chi connectivity index (χ2n) is 6.00. The molecular formula is C17H29N3O. The lowest BCUT2D eigenvalue weighted by Gasteiger charge is -2.15. The summed E-state index contributed by atoms with van der Waals surface area (Å²) in [5.41, 5.74) is 7.97. The standard InChI is InChI=1S/C17H29N3O/c1-14(10-11-18)8-9-17(21)19-12-15-6-4-5-7-16(15)13-20(2)3/h4-7,14H,8-13,18H2,1-3H3,(H,19,21). The molecule has 0 saturated carbocycles. The van der Waals surface area contributed by atoms with E-state index in [1.54, 1.807) is 0 Å². The molecule has 118 valence electrons. The van der Waals surface area contributed by atoms with Gasteiger partial charge in [0.25, 0.3) is 0 Å². The number of amides is 1. The maximum Gasteiger partial charge on any atom is 0.220 e.